The predicted octanol–water partition coefficient (Wildman–Crippen LogP) is 6.11. The highest BCUT2D eigenvalue weighted by atomic mass is 16.5. The fourth-order valence-corrected chi connectivity index (χ4v) is 4.93. The van der Waals surface area contributed by atoms with E-state index in [4.69, 9.17) is 4.74 Å². The Balaban J connectivity index is 1.46. The molecule has 0 spiro atoms. The number of methoxy groups -OCH3 is 1. The number of carbonyl (C=O) groups is 1. The third kappa shape index (κ3) is 4.35. The van der Waals surface area contributed by atoms with Crippen molar-refractivity contribution in [3.8, 4) is 0 Å². The Morgan fingerprint density at radius 3 is 2.53 bits per heavy atom. The highest BCUT2D eigenvalue weighted by molar-refractivity contribution is 5.94. The summed E-state index contributed by atoms with van der Waals surface area (Å²) in [5.41, 5.74) is 3.98. The van der Waals surface area contributed by atoms with Crippen LogP contribution in [0.3, 0.4) is 0 Å². The summed E-state index contributed by atoms with van der Waals surface area (Å²) in [5.74, 6) is 0.458. The number of fused-ring (bicyclic) bond motifs is 1. The maximum atomic E-state index is 11.4. The van der Waals surface area contributed by atoms with Gasteiger partial charge >= 0.3 is 5.97 Å². The minimum absolute atomic E-state index is 0.147. The lowest BCUT2D eigenvalue weighted by Gasteiger charge is -2.31. The number of ether oxygens (including phenoxy) is 1. The first-order valence-corrected chi connectivity index (χ1v) is 11.1. The molecule has 3 aromatic rings. The van der Waals surface area contributed by atoms with Crippen LogP contribution in [0.15, 0.2) is 66.7 Å². The Morgan fingerprint density at radius 1 is 1.00 bits per heavy atom. The van der Waals surface area contributed by atoms with Gasteiger partial charge in [-0.05, 0) is 61.1 Å². The van der Waals surface area contributed by atoms with E-state index in [1.54, 1.807) is 0 Å². The van der Waals surface area contributed by atoms with Gasteiger partial charge in [0.25, 0.3) is 0 Å². The minimum atomic E-state index is -0.147. The quantitative estimate of drug-likeness (QED) is 0.448. The highest BCUT2D eigenvalue weighted by Gasteiger charge is 2.30. The van der Waals surface area contributed by atoms with Crippen molar-refractivity contribution in [3.63, 3.8) is 0 Å². The monoisotopic (exact) mass is 401 g/mol. The molecule has 3 heteroatoms. The molecule has 1 fully saturated rings. The van der Waals surface area contributed by atoms with Crippen molar-refractivity contribution >= 4 is 22.4 Å². The van der Waals surface area contributed by atoms with E-state index in [0.717, 1.165) is 13.0 Å². The van der Waals surface area contributed by atoms with Crippen LogP contribution in [0.1, 0.15) is 49.7 Å². The molecule has 3 nitrogen and oxygen atoms in total. The van der Waals surface area contributed by atoms with Gasteiger partial charge in [0.15, 0.2) is 0 Å². The Kier molecular flexibility index (Phi) is 6.37. The first-order chi connectivity index (χ1) is 14.7. The van der Waals surface area contributed by atoms with Gasteiger partial charge in [-0.3, -0.25) is 4.79 Å². The van der Waals surface area contributed by atoms with Gasteiger partial charge in [-0.2, -0.15) is 0 Å². The van der Waals surface area contributed by atoms with Crippen LogP contribution in [-0.4, -0.2) is 25.7 Å². The zero-order valence-corrected chi connectivity index (χ0v) is 18.0. The summed E-state index contributed by atoms with van der Waals surface area (Å²) >= 11 is 0. The molecule has 0 radical (unpaired) electrons. The fourth-order valence-electron chi connectivity index (χ4n) is 4.93. The Labute approximate surface area is 179 Å². The summed E-state index contributed by atoms with van der Waals surface area (Å²) in [6, 6.07) is 24.8. The van der Waals surface area contributed by atoms with Crippen LogP contribution in [-0.2, 0) is 16.0 Å². The number of aryl methyl sites for hydroxylation is 1. The Bertz CT molecular complexity index is 990. The number of anilines is 1. The molecular formula is C27H31NO2. The van der Waals surface area contributed by atoms with Gasteiger partial charge in [-0.1, -0.05) is 60.7 Å². The van der Waals surface area contributed by atoms with E-state index in [1.165, 1.54) is 54.0 Å². The normalized spacial score (nSPS) is 18.5. The van der Waals surface area contributed by atoms with Gasteiger partial charge in [-0.25, -0.2) is 0 Å². The molecule has 1 aliphatic carbocycles. The number of hydrogen-bond acceptors (Lipinski definition) is 3. The van der Waals surface area contributed by atoms with Crippen LogP contribution < -0.4 is 4.90 Å². The average molecular weight is 402 g/mol. The molecule has 1 aliphatic rings. The SMILES string of the molecule is CCN(c1cccc2ccccc12)[C@H]1CCC(c2ccc(CCC(=O)OC)cc2)C1. The maximum absolute atomic E-state index is 11.4. The van der Waals surface area contributed by atoms with Gasteiger partial charge in [0, 0.05) is 30.1 Å². The summed E-state index contributed by atoms with van der Waals surface area (Å²) in [7, 11) is 1.44. The van der Waals surface area contributed by atoms with Crippen LogP contribution >= 0.6 is 0 Å². The van der Waals surface area contributed by atoms with Crippen LogP contribution in [0.25, 0.3) is 10.8 Å². The third-order valence-electron chi connectivity index (χ3n) is 6.56. The van der Waals surface area contributed by atoms with E-state index in [1.807, 2.05) is 0 Å². The first-order valence-electron chi connectivity index (χ1n) is 11.1. The largest absolute Gasteiger partial charge is 0.469 e. The Hall–Kier alpha value is -2.81. The van der Waals surface area contributed by atoms with Crippen molar-refractivity contribution in [1.29, 1.82) is 0 Å². The molecule has 30 heavy (non-hydrogen) atoms. The van der Waals surface area contributed by atoms with Crippen molar-refractivity contribution in [1.82, 2.24) is 0 Å². The molecule has 3 aromatic carbocycles. The van der Waals surface area contributed by atoms with Gasteiger partial charge in [0.05, 0.1) is 7.11 Å². The maximum Gasteiger partial charge on any atom is 0.305 e. The summed E-state index contributed by atoms with van der Waals surface area (Å²) in [4.78, 5) is 14.0. The summed E-state index contributed by atoms with van der Waals surface area (Å²) in [5, 5.41) is 2.66. The van der Waals surface area contributed by atoms with E-state index in [0.29, 0.717) is 18.4 Å². The van der Waals surface area contributed by atoms with E-state index < -0.39 is 0 Å². The second-order valence-corrected chi connectivity index (χ2v) is 8.27. The average Bonchev–Trinajstić information content (AvgIpc) is 3.28. The number of carbonyl (C=O) groups excluding carboxylic acids is 1. The summed E-state index contributed by atoms with van der Waals surface area (Å²) < 4.78 is 4.74. The van der Waals surface area contributed by atoms with Crippen LogP contribution in [0, 0.1) is 0 Å². The van der Waals surface area contributed by atoms with E-state index in [-0.39, 0.29) is 5.97 Å². The molecule has 0 heterocycles. The van der Waals surface area contributed by atoms with Gasteiger partial charge in [0.2, 0.25) is 0 Å². The molecule has 0 aliphatic heterocycles. The lowest BCUT2D eigenvalue weighted by Crippen LogP contribution is -2.33. The molecule has 0 bridgehead atoms. The Morgan fingerprint density at radius 2 is 1.77 bits per heavy atom. The number of benzene rings is 3. The standard InChI is InChI=1S/C27H31NO2/c1-3-28(26-10-6-8-22-7-4-5-9-25(22)26)24-17-16-23(19-24)21-14-11-20(12-15-21)13-18-27(29)30-2/h4-12,14-15,23-24H,3,13,16-19H2,1-2H3/t23?,24-/m0/s1. The molecule has 0 aromatic heterocycles. The van der Waals surface area contributed by atoms with E-state index in [9.17, 15) is 4.79 Å². The molecule has 0 N–H and O–H groups in total. The third-order valence-corrected chi connectivity index (χ3v) is 6.56. The van der Waals surface area contributed by atoms with Crippen molar-refractivity contribution in [2.75, 3.05) is 18.6 Å². The molecule has 0 saturated heterocycles. The van der Waals surface area contributed by atoms with Gasteiger partial charge < -0.3 is 9.64 Å². The fraction of sp³-hybridized carbons (Fsp3) is 0.370. The van der Waals surface area contributed by atoms with Crippen LogP contribution in [0.4, 0.5) is 5.69 Å². The van der Waals surface area contributed by atoms with E-state index >= 15 is 0 Å². The molecule has 4 rings (SSSR count). The number of hydrogen-bond donors (Lipinski definition) is 0. The number of nitrogens with zero attached hydrogens (tertiary/aromatic N) is 1. The smallest absolute Gasteiger partial charge is 0.305 e. The highest BCUT2D eigenvalue weighted by Crippen LogP contribution is 2.40. The molecule has 156 valence electrons. The molecule has 1 unspecified atom stereocenters. The van der Waals surface area contributed by atoms with E-state index in [2.05, 4.69) is 78.6 Å². The molecule has 0 amide bonds. The summed E-state index contributed by atoms with van der Waals surface area (Å²) in [6.45, 7) is 3.29. The summed E-state index contributed by atoms with van der Waals surface area (Å²) in [6.07, 6.45) is 4.83. The molecule has 1 saturated carbocycles. The minimum Gasteiger partial charge on any atom is -0.469 e. The van der Waals surface area contributed by atoms with Crippen molar-refractivity contribution < 1.29 is 9.53 Å². The zero-order valence-electron chi connectivity index (χ0n) is 18.0. The van der Waals surface area contributed by atoms with Crippen molar-refractivity contribution in [2.24, 2.45) is 0 Å². The van der Waals surface area contributed by atoms with Gasteiger partial charge in [0.1, 0.15) is 0 Å². The predicted molar refractivity (Wildman–Crippen MR) is 124 cm³/mol. The number of rotatable bonds is 7. The lowest BCUT2D eigenvalue weighted by atomic mass is 9.95. The van der Waals surface area contributed by atoms with Crippen LogP contribution in [0.2, 0.25) is 0 Å². The van der Waals surface area contributed by atoms with Crippen LogP contribution in [0.5, 0.6) is 0 Å². The second kappa shape index (κ2) is 9.34. The van der Waals surface area contributed by atoms with Crippen molar-refractivity contribution in [3.05, 3.63) is 77.9 Å². The number of esters is 1. The topological polar surface area (TPSA) is 29.5 Å². The first kappa shape index (κ1) is 20.5. The zero-order chi connectivity index (χ0) is 20.9. The lowest BCUT2D eigenvalue weighted by molar-refractivity contribution is -0.140. The van der Waals surface area contributed by atoms with Crippen molar-refractivity contribution in [2.45, 2.75) is 51.0 Å². The molecular weight excluding hydrogens is 370 g/mol. The second-order valence-electron chi connectivity index (χ2n) is 8.27. The molecule has 2 atom stereocenters. The van der Waals surface area contributed by atoms with Gasteiger partial charge in [-0.15, -0.1) is 0 Å².